The minimum Gasteiger partial charge on any atom is -0.393 e. The Labute approximate surface area is 35.2 Å². The fourth-order valence-corrected chi connectivity index (χ4v) is 0.276. The molecule has 34 valence electrons. The first-order chi connectivity index (χ1) is 2.89. The molecule has 3 nitrogen and oxygen atoms in total. The molecule has 1 rings (SSSR count). The normalized spacial score (nSPS) is 30.5. The van der Waals surface area contributed by atoms with E-state index in [0.717, 1.165) is 0 Å². The summed E-state index contributed by atoms with van der Waals surface area (Å²) in [6, 6.07) is 0. The van der Waals surface area contributed by atoms with Gasteiger partial charge in [-0.05, 0) is 0 Å². The van der Waals surface area contributed by atoms with Gasteiger partial charge in [-0.3, -0.25) is 0 Å². The summed E-state index contributed by atoms with van der Waals surface area (Å²) in [6.45, 7) is 0.319. The molecule has 1 aliphatic rings. The zero-order valence-corrected chi connectivity index (χ0v) is 3.16. The Morgan fingerprint density at radius 2 is 2.83 bits per heavy atom. The second-order valence-electron chi connectivity index (χ2n) is 1.12. The summed E-state index contributed by atoms with van der Waals surface area (Å²) < 4.78 is 0. The Balaban J connectivity index is 2.38. The van der Waals surface area contributed by atoms with Gasteiger partial charge in [0.25, 0.3) is 0 Å². The summed E-state index contributed by atoms with van der Waals surface area (Å²) in [5.74, 6) is 0. The summed E-state index contributed by atoms with van der Waals surface area (Å²) in [6.07, 6.45) is 0.894. The third-order valence-corrected chi connectivity index (χ3v) is 0.553. The van der Waals surface area contributed by atoms with E-state index in [0.29, 0.717) is 6.61 Å². The minimum absolute atomic E-state index is 0.319. The molecular formula is C3H5NO2. The Morgan fingerprint density at radius 1 is 2.00 bits per heavy atom. The highest BCUT2D eigenvalue weighted by Gasteiger charge is 2.04. The molecule has 0 radical (unpaired) electrons. The Bertz CT molecular complexity index is 71.2. The fraction of sp³-hybridized carbons (Fsp3) is 0.667. The van der Waals surface area contributed by atoms with Crippen LogP contribution in [0.15, 0.2) is 5.16 Å². The lowest BCUT2D eigenvalue weighted by atomic mass is 10.4. The van der Waals surface area contributed by atoms with E-state index in [1.54, 1.807) is 0 Å². The lowest BCUT2D eigenvalue weighted by molar-refractivity contribution is 0.106. The van der Waals surface area contributed by atoms with Crippen molar-refractivity contribution in [3.05, 3.63) is 0 Å². The first-order valence-corrected chi connectivity index (χ1v) is 1.73. The SMILES string of the molecule is O[C@@H]1C=NOC1. The van der Waals surface area contributed by atoms with Crippen LogP contribution in [-0.4, -0.2) is 24.0 Å². The van der Waals surface area contributed by atoms with E-state index in [1.165, 1.54) is 6.21 Å². The van der Waals surface area contributed by atoms with Gasteiger partial charge in [-0.2, -0.15) is 0 Å². The van der Waals surface area contributed by atoms with Gasteiger partial charge in [-0.25, -0.2) is 0 Å². The molecule has 1 heterocycles. The maximum absolute atomic E-state index is 8.45. The van der Waals surface area contributed by atoms with E-state index in [4.69, 9.17) is 5.11 Å². The van der Waals surface area contributed by atoms with Gasteiger partial charge in [-0.15, -0.1) is 0 Å². The molecule has 0 saturated heterocycles. The van der Waals surface area contributed by atoms with Gasteiger partial charge in [0.1, 0.15) is 12.7 Å². The van der Waals surface area contributed by atoms with E-state index in [1.807, 2.05) is 0 Å². The van der Waals surface area contributed by atoms with Crippen molar-refractivity contribution in [1.82, 2.24) is 0 Å². The van der Waals surface area contributed by atoms with E-state index < -0.39 is 6.10 Å². The molecule has 0 bridgehead atoms. The fourth-order valence-electron chi connectivity index (χ4n) is 0.276. The summed E-state index contributed by atoms with van der Waals surface area (Å²) >= 11 is 0. The molecule has 0 aromatic heterocycles. The van der Waals surface area contributed by atoms with Crippen LogP contribution in [-0.2, 0) is 4.84 Å². The second-order valence-corrected chi connectivity index (χ2v) is 1.12. The van der Waals surface area contributed by atoms with Crippen molar-refractivity contribution in [2.75, 3.05) is 6.61 Å². The standard InChI is InChI=1S/C3H5NO2/c5-3-1-4-6-2-3/h1,3,5H,2H2/t3-/m1/s1. The van der Waals surface area contributed by atoms with Gasteiger partial charge in [0.15, 0.2) is 0 Å². The van der Waals surface area contributed by atoms with Crippen molar-refractivity contribution in [1.29, 1.82) is 0 Å². The number of hydrogen-bond acceptors (Lipinski definition) is 3. The van der Waals surface area contributed by atoms with Crippen molar-refractivity contribution >= 4 is 6.21 Å². The number of nitrogens with zero attached hydrogens (tertiary/aromatic N) is 1. The molecule has 0 amide bonds. The molecule has 0 unspecified atom stereocenters. The largest absolute Gasteiger partial charge is 0.393 e. The average Bonchev–Trinajstić information content (AvgIpc) is 1.86. The maximum Gasteiger partial charge on any atom is 0.148 e. The first-order valence-electron chi connectivity index (χ1n) is 1.73. The van der Waals surface area contributed by atoms with Crippen molar-refractivity contribution in [2.45, 2.75) is 6.10 Å². The van der Waals surface area contributed by atoms with Crippen LogP contribution in [0.3, 0.4) is 0 Å². The van der Waals surface area contributed by atoms with E-state index >= 15 is 0 Å². The van der Waals surface area contributed by atoms with Crippen LogP contribution >= 0.6 is 0 Å². The molecule has 1 aliphatic heterocycles. The number of oxime groups is 1. The smallest absolute Gasteiger partial charge is 0.148 e. The van der Waals surface area contributed by atoms with E-state index in [2.05, 4.69) is 9.99 Å². The summed E-state index contributed by atoms with van der Waals surface area (Å²) in [5.41, 5.74) is 0. The molecule has 6 heavy (non-hydrogen) atoms. The zero-order chi connectivity index (χ0) is 4.41. The predicted octanol–water partition coefficient (Wildman–Crippen LogP) is -0.637. The van der Waals surface area contributed by atoms with Crippen LogP contribution in [0.5, 0.6) is 0 Å². The summed E-state index contributed by atoms with van der Waals surface area (Å²) in [4.78, 5) is 4.38. The molecular weight excluding hydrogens is 82.0 g/mol. The molecule has 0 spiro atoms. The van der Waals surface area contributed by atoms with E-state index in [-0.39, 0.29) is 0 Å². The minimum atomic E-state index is -0.468. The van der Waals surface area contributed by atoms with Gasteiger partial charge in [0.2, 0.25) is 0 Å². The molecule has 0 fully saturated rings. The van der Waals surface area contributed by atoms with E-state index in [9.17, 15) is 0 Å². The van der Waals surface area contributed by atoms with Gasteiger partial charge >= 0.3 is 0 Å². The van der Waals surface area contributed by atoms with Crippen LogP contribution in [0.1, 0.15) is 0 Å². The number of hydrogen-bond donors (Lipinski definition) is 1. The van der Waals surface area contributed by atoms with Gasteiger partial charge in [0.05, 0.1) is 6.21 Å². The van der Waals surface area contributed by atoms with Crippen molar-refractivity contribution < 1.29 is 9.94 Å². The predicted molar refractivity (Wildman–Crippen MR) is 20.5 cm³/mol. The van der Waals surface area contributed by atoms with Crippen molar-refractivity contribution in [2.24, 2.45) is 5.16 Å². The second kappa shape index (κ2) is 1.26. The molecule has 1 atom stereocenters. The van der Waals surface area contributed by atoms with Gasteiger partial charge in [0, 0.05) is 0 Å². The lowest BCUT2D eigenvalue weighted by Gasteiger charge is -1.86. The maximum atomic E-state index is 8.45. The third kappa shape index (κ3) is 0.490. The highest BCUT2D eigenvalue weighted by Crippen LogP contribution is 1.89. The highest BCUT2D eigenvalue weighted by molar-refractivity contribution is 5.63. The molecule has 0 aliphatic carbocycles. The number of aliphatic hydroxyl groups excluding tert-OH is 1. The van der Waals surface area contributed by atoms with Crippen molar-refractivity contribution in [3.63, 3.8) is 0 Å². The first kappa shape index (κ1) is 3.61. The Morgan fingerprint density at radius 3 is 3.00 bits per heavy atom. The Kier molecular flexibility index (Phi) is 0.759. The monoisotopic (exact) mass is 87.0 g/mol. The molecule has 0 aromatic carbocycles. The van der Waals surface area contributed by atoms with Crippen molar-refractivity contribution in [3.8, 4) is 0 Å². The molecule has 3 heteroatoms. The van der Waals surface area contributed by atoms with Crippen LogP contribution in [0.2, 0.25) is 0 Å². The number of rotatable bonds is 0. The summed E-state index contributed by atoms with van der Waals surface area (Å²) in [5, 5.41) is 11.7. The lowest BCUT2D eigenvalue weighted by Crippen LogP contribution is -2.06. The number of aliphatic hydroxyl groups is 1. The molecule has 0 aromatic rings. The van der Waals surface area contributed by atoms with Gasteiger partial charge in [-0.1, -0.05) is 5.16 Å². The van der Waals surface area contributed by atoms with Crippen LogP contribution in [0.4, 0.5) is 0 Å². The van der Waals surface area contributed by atoms with Crippen LogP contribution in [0.25, 0.3) is 0 Å². The topological polar surface area (TPSA) is 41.8 Å². The Hall–Kier alpha value is -0.570. The van der Waals surface area contributed by atoms with Crippen LogP contribution in [0, 0.1) is 0 Å². The van der Waals surface area contributed by atoms with Gasteiger partial charge < -0.3 is 9.94 Å². The highest BCUT2D eigenvalue weighted by atomic mass is 16.6. The third-order valence-electron chi connectivity index (χ3n) is 0.553. The average molecular weight is 87.1 g/mol. The zero-order valence-electron chi connectivity index (χ0n) is 3.16. The molecule has 1 N–H and O–H groups in total. The molecule has 0 saturated carbocycles. The quantitative estimate of drug-likeness (QED) is 0.427. The van der Waals surface area contributed by atoms with Crippen LogP contribution < -0.4 is 0 Å². The summed E-state index contributed by atoms with van der Waals surface area (Å²) in [7, 11) is 0.